The summed E-state index contributed by atoms with van der Waals surface area (Å²) in [5.41, 5.74) is -1.02. The van der Waals surface area contributed by atoms with E-state index < -0.39 is 17.4 Å². The summed E-state index contributed by atoms with van der Waals surface area (Å²) in [4.78, 5) is 24.0. The second kappa shape index (κ2) is 6.24. The molecule has 4 nitrogen and oxygen atoms in total. The van der Waals surface area contributed by atoms with E-state index in [9.17, 15) is 14.7 Å². The number of amides is 1. The predicted octanol–water partition coefficient (Wildman–Crippen LogP) is 3.76. The highest BCUT2D eigenvalue weighted by atomic mass is 35.5. The van der Waals surface area contributed by atoms with Crippen molar-refractivity contribution in [3.63, 3.8) is 0 Å². The van der Waals surface area contributed by atoms with Crippen LogP contribution in [0.25, 0.3) is 0 Å². The molecule has 1 aromatic carbocycles. The molecule has 2 N–H and O–H groups in total. The van der Waals surface area contributed by atoms with Crippen LogP contribution in [0.3, 0.4) is 0 Å². The second-order valence-electron chi connectivity index (χ2n) is 5.63. The summed E-state index contributed by atoms with van der Waals surface area (Å²) in [6.45, 7) is 2.08. The molecule has 1 aliphatic carbocycles. The van der Waals surface area contributed by atoms with Gasteiger partial charge in [-0.2, -0.15) is 0 Å². The maximum absolute atomic E-state index is 12.4. The number of carbonyl (C=O) groups is 2. The molecule has 0 aliphatic heterocycles. The Labute approximate surface area is 133 Å². The molecule has 2 rings (SSSR count). The van der Waals surface area contributed by atoms with Crippen molar-refractivity contribution in [1.29, 1.82) is 0 Å². The van der Waals surface area contributed by atoms with Gasteiger partial charge in [-0.3, -0.25) is 4.79 Å². The molecule has 0 bridgehead atoms. The maximum Gasteiger partial charge on any atom is 0.329 e. The van der Waals surface area contributed by atoms with E-state index in [4.69, 9.17) is 23.2 Å². The van der Waals surface area contributed by atoms with E-state index in [1.807, 2.05) is 0 Å². The number of aliphatic carboxylic acids is 1. The Morgan fingerprint density at radius 1 is 1.29 bits per heavy atom. The molecule has 21 heavy (non-hydrogen) atoms. The van der Waals surface area contributed by atoms with Crippen molar-refractivity contribution >= 4 is 35.1 Å². The van der Waals surface area contributed by atoms with Gasteiger partial charge in [-0.1, -0.05) is 36.2 Å². The molecule has 0 unspecified atom stereocenters. The summed E-state index contributed by atoms with van der Waals surface area (Å²) < 4.78 is 0. The van der Waals surface area contributed by atoms with Gasteiger partial charge >= 0.3 is 5.97 Å². The molecule has 114 valence electrons. The van der Waals surface area contributed by atoms with Gasteiger partial charge < -0.3 is 10.4 Å². The van der Waals surface area contributed by atoms with Crippen LogP contribution in [0.1, 0.15) is 43.0 Å². The molecule has 6 heteroatoms. The Morgan fingerprint density at radius 2 is 1.90 bits per heavy atom. The minimum Gasteiger partial charge on any atom is -0.480 e. The standard InChI is InChI=1S/C15H17Cl2NO3/c1-9-5-7-15(8-6-9,14(20)21)18-13(19)10-3-2-4-11(16)12(10)17/h2-4,9H,5-8H2,1H3,(H,18,19)(H,20,21). The molecule has 1 aromatic rings. The Hall–Kier alpha value is -1.26. The van der Waals surface area contributed by atoms with Gasteiger partial charge in [0.25, 0.3) is 5.91 Å². The largest absolute Gasteiger partial charge is 0.480 e. The lowest BCUT2D eigenvalue weighted by Crippen LogP contribution is -2.56. The lowest BCUT2D eigenvalue weighted by atomic mass is 9.77. The molecular weight excluding hydrogens is 313 g/mol. The van der Waals surface area contributed by atoms with Crippen LogP contribution in [-0.4, -0.2) is 22.5 Å². The Bertz CT molecular complexity index is 566. The van der Waals surface area contributed by atoms with E-state index in [1.54, 1.807) is 12.1 Å². The second-order valence-corrected chi connectivity index (χ2v) is 6.41. The van der Waals surface area contributed by atoms with Gasteiger partial charge in [0.1, 0.15) is 5.54 Å². The van der Waals surface area contributed by atoms with E-state index in [1.165, 1.54) is 6.07 Å². The van der Waals surface area contributed by atoms with Gasteiger partial charge in [0, 0.05) is 0 Å². The van der Waals surface area contributed by atoms with Crippen LogP contribution in [0.15, 0.2) is 18.2 Å². The molecule has 0 atom stereocenters. The van der Waals surface area contributed by atoms with Gasteiger partial charge in [-0.15, -0.1) is 0 Å². The molecule has 0 heterocycles. The highest BCUT2D eigenvalue weighted by molar-refractivity contribution is 6.43. The number of carboxylic acids is 1. The van der Waals surface area contributed by atoms with Crippen molar-refractivity contribution in [1.82, 2.24) is 5.32 Å². The van der Waals surface area contributed by atoms with Crippen molar-refractivity contribution in [2.24, 2.45) is 5.92 Å². The summed E-state index contributed by atoms with van der Waals surface area (Å²) in [5, 5.41) is 12.6. The average molecular weight is 330 g/mol. The van der Waals surface area contributed by atoms with Crippen molar-refractivity contribution in [3.05, 3.63) is 33.8 Å². The van der Waals surface area contributed by atoms with Gasteiger partial charge in [-0.25, -0.2) is 4.79 Å². The normalized spacial score (nSPS) is 25.4. The third-order valence-electron chi connectivity index (χ3n) is 4.09. The first-order valence-corrected chi connectivity index (χ1v) is 7.61. The molecule has 0 spiro atoms. The third kappa shape index (κ3) is 3.33. The van der Waals surface area contributed by atoms with Gasteiger partial charge in [0.15, 0.2) is 0 Å². The zero-order chi connectivity index (χ0) is 15.6. The molecule has 1 saturated carbocycles. The molecule has 1 amide bonds. The number of halogens is 2. The number of nitrogens with one attached hydrogen (secondary N) is 1. The first-order chi connectivity index (χ1) is 9.85. The molecule has 0 saturated heterocycles. The molecule has 0 aromatic heterocycles. The predicted molar refractivity (Wildman–Crippen MR) is 81.9 cm³/mol. The summed E-state index contributed by atoms with van der Waals surface area (Å²) in [6.07, 6.45) is 2.40. The first-order valence-electron chi connectivity index (χ1n) is 6.85. The average Bonchev–Trinajstić information content (AvgIpc) is 2.44. The van der Waals surface area contributed by atoms with Crippen molar-refractivity contribution in [2.75, 3.05) is 0 Å². The lowest BCUT2D eigenvalue weighted by Gasteiger charge is -2.36. The number of benzene rings is 1. The van der Waals surface area contributed by atoms with Crippen LogP contribution in [0.4, 0.5) is 0 Å². The molecule has 1 aliphatic rings. The van der Waals surface area contributed by atoms with Gasteiger partial charge in [0.2, 0.25) is 0 Å². The fourth-order valence-corrected chi connectivity index (χ4v) is 3.00. The summed E-state index contributed by atoms with van der Waals surface area (Å²) in [6, 6.07) is 4.72. The number of hydrogen-bond donors (Lipinski definition) is 2. The van der Waals surface area contributed by atoms with Gasteiger partial charge in [-0.05, 0) is 43.7 Å². The molecular formula is C15H17Cl2NO3. The Kier molecular flexibility index (Phi) is 4.79. The number of hydrogen-bond acceptors (Lipinski definition) is 2. The van der Waals surface area contributed by atoms with Crippen LogP contribution in [0.5, 0.6) is 0 Å². The topological polar surface area (TPSA) is 66.4 Å². The summed E-state index contributed by atoms with van der Waals surface area (Å²) in [5.74, 6) is -1.02. The van der Waals surface area contributed by atoms with Crippen LogP contribution in [-0.2, 0) is 4.79 Å². The summed E-state index contributed by atoms with van der Waals surface area (Å²) >= 11 is 11.9. The van der Waals surface area contributed by atoms with Gasteiger partial charge in [0.05, 0.1) is 15.6 Å². The van der Waals surface area contributed by atoms with Crippen LogP contribution in [0.2, 0.25) is 10.0 Å². The first kappa shape index (κ1) is 16.1. The van der Waals surface area contributed by atoms with E-state index >= 15 is 0 Å². The van der Waals surface area contributed by atoms with Crippen LogP contribution in [0, 0.1) is 5.92 Å². The quantitative estimate of drug-likeness (QED) is 0.887. The van der Waals surface area contributed by atoms with Crippen molar-refractivity contribution < 1.29 is 14.7 Å². The number of rotatable bonds is 3. The highest BCUT2D eigenvalue weighted by Crippen LogP contribution is 2.33. The number of carbonyl (C=O) groups excluding carboxylic acids is 1. The minimum atomic E-state index is -1.21. The minimum absolute atomic E-state index is 0.140. The maximum atomic E-state index is 12.4. The molecule has 0 radical (unpaired) electrons. The van der Waals surface area contributed by atoms with E-state index in [-0.39, 0.29) is 15.6 Å². The number of carboxylic acid groups (broad SMARTS) is 1. The SMILES string of the molecule is CC1CCC(NC(=O)c2cccc(Cl)c2Cl)(C(=O)O)CC1. The van der Waals surface area contributed by atoms with E-state index in [0.717, 1.165) is 12.8 Å². The summed E-state index contributed by atoms with van der Waals surface area (Å²) in [7, 11) is 0. The third-order valence-corrected chi connectivity index (χ3v) is 4.91. The lowest BCUT2D eigenvalue weighted by molar-refractivity contribution is -0.146. The fourth-order valence-electron chi connectivity index (χ4n) is 2.61. The Morgan fingerprint density at radius 3 is 2.48 bits per heavy atom. The molecule has 1 fully saturated rings. The van der Waals surface area contributed by atoms with Crippen molar-refractivity contribution in [2.45, 2.75) is 38.1 Å². The Balaban J connectivity index is 2.23. The van der Waals surface area contributed by atoms with Crippen LogP contribution < -0.4 is 5.32 Å². The van der Waals surface area contributed by atoms with Crippen molar-refractivity contribution in [3.8, 4) is 0 Å². The monoisotopic (exact) mass is 329 g/mol. The zero-order valence-corrected chi connectivity index (χ0v) is 13.2. The van der Waals surface area contributed by atoms with Crippen LogP contribution >= 0.6 is 23.2 Å². The van der Waals surface area contributed by atoms with E-state index in [2.05, 4.69) is 12.2 Å². The highest BCUT2D eigenvalue weighted by Gasteiger charge is 2.42. The smallest absolute Gasteiger partial charge is 0.329 e. The zero-order valence-electron chi connectivity index (χ0n) is 11.7. The fraction of sp³-hybridized carbons (Fsp3) is 0.467. The van der Waals surface area contributed by atoms with E-state index in [0.29, 0.717) is 18.8 Å².